The molecule has 1 aliphatic rings. The van der Waals surface area contributed by atoms with Gasteiger partial charge < -0.3 is 9.15 Å². The van der Waals surface area contributed by atoms with E-state index in [-0.39, 0.29) is 6.10 Å². The van der Waals surface area contributed by atoms with Crippen LogP contribution in [0, 0.1) is 6.92 Å². The summed E-state index contributed by atoms with van der Waals surface area (Å²) in [6.07, 6.45) is 1.68. The standard InChI is InChI=1S/C14H18ClN3O2/c1-10-3-4-13(20-10)14-9-18(5-6-19-14)8-12-11(15)7-16-17(12)2/h3-4,7,14H,5-6,8-9H2,1-2H3. The maximum Gasteiger partial charge on any atom is 0.134 e. The number of aromatic nitrogens is 2. The smallest absolute Gasteiger partial charge is 0.134 e. The number of furan rings is 1. The minimum atomic E-state index is -0.00977. The van der Waals surface area contributed by atoms with Crippen LogP contribution in [0.3, 0.4) is 0 Å². The first-order valence-electron chi connectivity index (χ1n) is 6.70. The molecule has 1 atom stereocenters. The molecule has 20 heavy (non-hydrogen) atoms. The summed E-state index contributed by atoms with van der Waals surface area (Å²) in [6, 6.07) is 3.95. The highest BCUT2D eigenvalue weighted by molar-refractivity contribution is 6.31. The van der Waals surface area contributed by atoms with Gasteiger partial charge in [-0.05, 0) is 19.1 Å². The quantitative estimate of drug-likeness (QED) is 0.873. The van der Waals surface area contributed by atoms with Gasteiger partial charge in [-0.3, -0.25) is 9.58 Å². The van der Waals surface area contributed by atoms with Crippen LogP contribution in [-0.2, 0) is 18.3 Å². The summed E-state index contributed by atoms with van der Waals surface area (Å²) in [5.41, 5.74) is 1.03. The largest absolute Gasteiger partial charge is 0.464 e. The van der Waals surface area contributed by atoms with E-state index in [1.165, 1.54) is 0 Å². The van der Waals surface area contributed by atoms with Crippen LogP contribution in [0.1, 0.15) is 23.3 Å². The Morgan fingerprint density at radius 1 is 1.45 bits per heavy atom. The van der Waals surface area contributed by atoms with E-state index < -0.39 is 0 Å². The van der Waals surface area contributed by atoms with Crippen LogP contribution in [0.15, 0.2) is 22.7 Å². The van der Waals surface area contributed by atoms with Gasteiger partial charge in [0.2, 0.25) is 0 Å². The van der Waals surface area contributed by atoms with E-state index in [9.17, 15) is 0 Å². The van der Waals surface area contributed by atoms with Gasteiger partial charge in [-0.25, -0.2) is 0 Å². The molecule has 0 saturated carbocycles. The molecule has 0 aromatic carbocycles. The van der Waals surface area contributed by atoms with Gasteiger partial charge in [0.1, 0.15) is 17.6 Å². The summed E-state index contributed by atoms with van der Waals surface area (Å²) < 4.78 is 13.3. The lowest BCUT2D eigenvalue weighted by atomic mass is 10.2. The minimum absolute atomic E-state index is 0.00977. The van der Waals surface area contributed by atoms with Gasteiger partial charge in [0, 0.05) is 26.7 Å². The van der Waals surface area contributed by atoms with Crippen LogP contribution in [-0.4, -0.2) is 34.4 Å². The van der Waals surface area contributed by atoms with Gasteiger partial charge in [-0.1, -0.05) is 11.6 Å². The van der Waals surface area contributed by atoms with Gasteiger partial charge in [-0.15, -0.1) is 0 Å². The molecule has 1 fully saturated rings. The Bertz CT molecular complexity index is 574. The molecule has 1 saturated heterocycles. The highest BCUT2D eigenvalue weighted by atomic mass is 35.5. The maximum atomic E-state index is 6.16. The molecule has 0 radical (unpaired) electrons. The van der Waals surface area contributed by atoms with Crippen molar-refractivity contribution in [3.8, 4) is 0 Å². The predicted molar refractivity (Wildman–Crippen MR) is 75.6 cm³/mol. The molecule has 6 heteroatoms. The van der Waals surface area contributed by atoms with Crippen molar-refractivity contribution in [3.63, 3.8) is 0 Å². The molecule has 0 amide bonds. The normalized spacial score (nSPS) is 20.4. The van der Waals surface area contributed by atoms with Crippen molar-refractivity contribution in [2.45, 2.75) is 19.6 Å². The second-order valence-corrected chi connectivity index (χ2v) is 5.51. The van der Waals surface area contributed by atoms with Crippen molar-refractivity contribution < 1.29 is 9.15 Å². The van der Waals surface area contributed by atoms with Crippen LogP contribution in [0.2, 0.25) is 5.02 Å². The molecule has 1 aliphatic heterocycles. The van der Waals surface area contributed by atoms with Gasteiger partial charge in [-0.2, -0.15) is 5.10 Å². The molecular weight excluding hydrogens is 278 g/mol. The average Bonchev–Trinajstić information content (AvgIpc) is 3.00. The van der Waals surface area contributed by atoms with E-state index in [0.717, 1.165) is 36.8 Å². The first-order chi connectivity index (χ1) is 9.63. The molecule has 0 spiro atoms. The fraction of sp³-hybridized carbons (Fsp3) is 0.500. The molecule has 3 rings (SSSR count). The molecule has 0 aliphatic carbocycles. The summed E-state index contributed by atoms with van der Waals surface area (Å²) >= 11 is 6.16. The van der Waals surface area contributed by atoms with Gasteiger partial charge in [0.05, 0.1) is 23.5 Å². The number of nitrogens with zero attached hydrogens (tertiary/aromatic N) is 3. The number of morpholine rings is 1. The number of ether oxygens (including phenoxy) is 1. The number of aryl methyl sites for hydroxylation is 2. The first-order valence-corrected chi connectivity index (χ1v) is 7.08. The highest BCUT2D eigenvalue weighted by Gasteiger charge is 2.25. The van der Waals surface area contributed by atoms with Crippen LogP contribution in [0.5, 0.6) is 0 Å². The van der Waals surface area contributed by atoms with Gasteiger partial charge >= 0.3 is 0 Å². The predicted octanol–water partition coefficient (Wildman–Crippen LogP) is 2.55. The third-order valence-corrected chi connectivity index (χ3v) is 3.93. The van der Waals surface area contributed by atoms with Crippen molar-refractivity contribution >= 4 is 11.6 Å². The zero-order chi connectivity index (χ0) is 14.1. The second-order valence-electron chi connectivity index (χ2n) is 5.11. The first kappa shape index (κ1) is 13.7. The molecule has 0 N–H and O–H groups in total. The number of halogens is 1. The topological polar surface area (TPSA) is 43.4 Å². The Kier molecular flexibility index (Phi) is 3.83. The van der Waals surface area contributed by atoms with Crippen molar-refractivity contribution in [2.24, 2.45) is 7.05 Å². The van der Waals surface area contributed by atoms with Crippen LogP contribution < -0.4 is 0 Å². The van der Waals surface area contributed by atoms with E-state index in [1.807, 2.05) is 30.8 Å². The summed E-state index contributed by atoms with van der Waals surface area (Å²) in [7, 11) is 1.91. The molecular formula is C14H18ClN3O2. The van der Waals surface area contributed by atoms with E-state index in [4.69, 9.17) is 20.8 Å². The van der Waals surface area contributed by atoms with Crippen LogP contribution in [0.4, 0.5) is 0 Å². The lowest BCUT2D eigenvalue weighted by Crippen LogP contribution is -2.38. The highest BCUT2D eigenvalue weighted by Crippen LogP contribution is 2.26. The maximum absolute atomic E-state index is 6.16. The Morgan fingerprint density at radius 3 is 2.95 bits per heavy atom. The summed E-state index contributed by atoms with van der Waals surface area (Å²) in [5.74, 6) is 1.80. The molecule has 108 valence electrons. The Hall–Kier alpha value is -1.30. The Morgan fingerprint density at radius 2 is 2.30 bits per heavy atom. The Balaban J connectivity index is 1.69. The Labute approximate surface area is 123 Å². The second kappa shape index (κ2) is 5.60. The van der Waals surface area contributed by atoms with Crippen molar-refractivity contribution in [1.29, 1.82) is 0 Å². The van der Waals surface area contributed by atoms with Gasteiger partial charge in [0.25, 0.3) is 0 Å². The fourth-order valence-corrected chi connectivity index (χ4v) is 2.70. The van der Waals surface area contributed by atoms with Crippen LogP contribution in [0.25, 0.3) is 0 Å². The average molecular weight is 296 g/mol. The molecule has 2 aromatic heterocycles. The molecule has 3 heterocycles. The summed E-state index contributed by atoms with van der Waals surface area (Å²) in [5, 5.41) is 4.88. The third kappa shape index (κ3) is 2.75. The number of hydrogen-bond acceptors (Lipinski definition) is 4. The molecule has 0 bridgehead atoms. The van der Waals surface area contributed by atoms with E-state index in [1.54, 1.807) is 6.20 Å². The zero-order valence-corrected chi connectivity index (χ0v) is 12.4. The number of rotatable bonds is 3. The molecule has 5 nitrogen and oxygen atoms in total. The third-order valence-electron chi connectivity index (χ3n) is 3.61. The zero-order valence-electron chi connectivity index (χ0n) is 11.7. The van der Waals surface area contributed by atoms with Crippen molar-refractivity contribution in [2.75, 3.05) is 19.7 Å². The SMILES string of the molecule is Cc1ccc(C2CN(Cc3c(Cl)cnn3C)CCO2)o1. The van der Waals surface area contributed by atoms with E-state index >= 15 is 0 Å². The van der Waals surface area contributed by atoms with Crippen molar-refractivity contribution in [3.05, 3.63) is 40.6 Å². The molecule has 2 aromatic rings. The van der Waals surface area contributed by atoms with E-state index in [2.05, 4.69) is 10.00 Å². The van der Waals surface area contributed by atoms with Crippen molar-refractivity contribution in [1.82, 2.24) is 14.7 Å². The summed E-state index contributed by atoms with van der Waals surface area (Å²) in [6.45, 7) is 5.10. The monoisotopic (exact) mass is 295 g/mol. The van der Waals surface area contributed by atoms with Crippen LogP contribution >= 0.6 is 11.6 Å². The lowest BCUT2D eigenvalue weighted by molar-refractivity contribution is -0.0436. The number of hydrogen-bond donors (Lipinski definition) is 0. The fourth-order valence-electron chi connectivity index (χ4n) is 2.47. The molecule has 1 unspecified atom stereocenters. The lowest BCUT2D eigenvalue weighted by Gasteiger charge is -2.31. The minimum Gasteiger partial charge on any atom is -0.464 e. The van der Waals surface area contributed by atoms with Gasteiger partial charge in [0.15, 0.2) is 0 Å². The summed E-state index contributed by atoms with van der Waals surface area (Å²) in [4.78, 5) is 2.31. The van der Waals surface area contributed by atoms with E-state index in [0.29, 0.717) is 11.6 Å².